The van der Waals surface area contributed by atoms with E-state index in [0.717, 1.165) is 12.2 Å². The van der Waals surface area contributed by atoms with E-state index in [1.165, 1.54) is 0 Å². The molecule has 0 saturated carbocycles. The van der Waals surface area contributed by atoms with Gasteiger partial charge in [-0.2, -0.15) is 0 Å². The number of aromatic nitrogens is 2. The Labute approximate surface area is 81.0 Å². The van der Waals surface area contributed by atoms with Crippen LogP contribution >= 0.6 is 11.6 Å². The van der Waals surface area contributed by atoms with Crippen molar-refractivity contribution < 1.29 is 0 Å². The molecule has 0 saturated heterocycles. The molecule has 0 aliphatic rings. The number of azide groups is 1. The monoisotopic (exact) mass is 199 g/mol. The van der Waals surface area contributed by atoms with Gasteiger partial charge < -0.3 is 4.57 Å². The summed E-state index contributed by atoms with van der Waals surface area (Å²) >= 11 is 5.81. The van der Waals surface area contributed by atoms with Crippen LogP contribution in [0.2, 0.25) is 5.28 Å². The maximum atomic E-state index is 8.26. The van der Waals surface area contributed by atoms with E-state index in [-0.39, 0.29) is 6.04 Å². The lowest BCUT2D eigenvalue weighted by atomic mass is 10.3. The van der Waals surface area contributed by atoms with Crippen molar-refractivity contribution in [3.05, 3.63) is 27.6 Å². The van der Waals surface area contributed by atoms with Gasteiger partial charge in [-0.25, -0.2) is 4.98 Å². The van der Waals surface area contributed by atoms with Crippen molar-refractivity contribution in [2.45, 2.75) is 26.4 Å². The van der Waals surface area contributed by atoms with E-state index in [0.29, 0.717) is 5.28 Å². The van der Waals surface area contributed by atoms with Crippen LogP contribution in [0.5, 0.6) is 0 Å². The highest BCUT2D eigenvalue weighted by molar-refractivity contribution is 6.28. The van der Waals surface area contributed by atoms with E-state index in [1.54, 1.807) is 17.7 Å². The van der Waals surface area contributed by atoms with Crippen LogP contribution in [0.1, 0.15) is 25.6 Å². The Hall–Kier alpha value is -1.19. The van der Waals surface area contributed by atoms with Crippen LogP contribution in [0.4, 0.5) is 0 Å². The highest BCUT2D eigenvalue weighted by atomic mass is 35.5. The lowest BCUT2D eigenvalue weighted by Gasteiger charge is -2.08. The van der Waals surface area contributed by atoms with Gasteiger partial charge in [-0.1, -0.05) is 12.0 Å². The first kappa shape index (κ1) is 9.89. The van der Waals surface area contributed by atoms with E-state index in [2.05, 4.69) is 15.0 Å². The van der Waals surface area contributed by atoms with Gasteiger partial charge in [0, 0.05) is 17.2 Å². The van der Waals surface area contributed by atoms with E-state index < -0.39 is 0 Å². The van der Waals surface area contributed by atoms with Crippen molar-refractivity contribution in [1.29, 1.82) is 0 Å². The quantitative estimate of drug-likeness (QED) is 0.419. The van der Waals surface area contributed by atoms with Crippen LogP contribution in [-0.2, 0) is 6.54 Å². The molecule has 1 rings (SSSR count). The summed E-state index contributed by atoms with van der Waals surface area (Å²) in [6, 6.07) is -0.232. The lowest BCUT2D eigenvalue weighted by molar-refractivity contribution is 0.655. The summed E-state index contributed by atoms with van der Waals surface area (Å²) in [7, 11) is 0. The van der Waals surface area contributed by atoms with Crippen LogP contribution in [0.3, 0.4) is 0 Å². The van der Waals surface area contributed by atoms with Crippen molar-refractivity contribution >= 4 is 11.6 Å². The Kier molecular flexibility index (Phi) is 3.17. The Morgan fingerprint density at radius 2 is 2.54 bits per heavy atom. The second-order valence-electron chi connectivity index (χ2n) is 2.58. The van der Waals surface area contributed by atoms with E-state index in [1.807, 2.05) is 6.92 Å². The molecule has 70 valence electrons. The number of rotatable bonds is 3. The molecule has 0 aliphatic carbocycles. The molecule has 1 heterocycles. The minimum atomic E-state index is -0.232. The molecular weight excluding hydrogens is 190 g/mol. The second kappa shape index (κ2) is 4.16. The fourth-order valence-electron chi connectivity index (χ4n) is 1.15. The summed E-state index contributed by atoms with van der Waals surface area (Å²) in [4.78, 5) is 6.67. The summed E-state index contributed by atoms with van der Waals surface area (Å²) in [6.07, 6.45) is 1.63. The first-order chi connectivity index (χ1) is 6.20. The summed E-state index contributed by atoms with van der Waals surface area (Å²) < 4.78 is 1.81. The van der Waals surface area contributed by atoms with Gasteiger partial charge in [-0.05, 0) is 24.1 Å². The highest BCUT2D eigenvalue weighted by Gasteiger charge is 2.11. The molecule has 0 aliphatic heterocycles. The van der Waals surface area contributed by atoms with Gasteiger partial charge in [-0.15, -0.1) is 0 Å². The summed E-state index contributed by atoms with van der Waals surface area (Å²) in [5.41, 5.74) is 9.10. The zero-order valence-corrected chi connectivity index (χ0v) is 8.23. The summed E-state index contributed by atoms with van der Waals surface area (Å²) in [5.74, 6) is 0. The third-order valence-electron chi connectivity index (χ3n) is 1.81. The topological polar surface area (TPSA) is 66.6 Å². The summed E-state index contributed by atoms with van der Waals surface area (Å²) in [5, 5.41) is 4.01. The average molecular weight is 200 g/mol. The van der Waals surface area contributed by atoms with Crippen molar-refractivity contribution in [2.75, 3.05) is 0 Å². The molecule has 1 aromatic heterocycles. The van der Waals surface area contributed by atoms with Crippen molar-refractivity contribution in [1.82, 2.24) is 9.55 Å². The van der Waals surface area contributed by atoms with Gasteiger partial charge in [0.1, 0.15) is 0 Å². The highest BCUT2D eigenvalue weighted by Crippen LogP contribution is 2.20. The molecule has 0 amide bonds. The van der Waals surface area contributed by atoms with Crippen molar-refractivity contribution in [3.63, 3.8) is 0 Å². The molecule has 0 spiro atoms. The molecule has 0 radical (unpaired) electrons. The Balaban J connectivity index is 3.06. The van der Waals surface area contributed by atoms with Crippen LogP contribution in [-0.4, -0.2) is 9.55 Å². The van der Waals surface area contributed by atoms with Crippen LogP contribution < -0.4 is 0 Å². The maximum absolute atomic E-state index is 8.26. The SMILES string of the molecule is CCn1c(C(C)N=[N+]=[N-])cnc1Cl. The lowest BCUT2D eigenvalue weighted by Crippen LogP contribution is -2.02. The van der Waals surface area contributed by atoms with Gasteiger partial charge in [-0.3, -0.25) is 0 Å². The average Bonchev–Trinajstić information content (AvgIpc) is 2.47. The fraction of sp³-hybridized carbons (Fsp3) is 0.571. The van der Waals surface area contributed by atoms with E-state index >= 15 is 0 Å². The van der Waals surface area contributed by atoms with Crippen LogP contribution in [0, 0.1) is 0 Å². The molecule has 0 aromatic carbocycles. The van der Waals surface area contributed by atoms with E-state index in [4.69, 9.17) is 17.1 Å². The van der Waals surface area contributed by atoms with Crippen molar-refractivity contribution in [2.24, 2.45) is 5.11 Å². The van der Waals surface area contributed by atoms with Gasteiger partial charge in [0.15, 0.2) is 0 Å². The first-order valence-electron chi connectivity index (χ1n) is 3.95. The predicted molar refractivity (Wildman–Crippen MR) is 50.5 cm³/mol. The molecular formula is C7H10ClN5. The Morgan fingerprint density at radius 3 is 3.08 bits per heavy atom. The van der Waals surface area contributed by atoms with Crippen LogP contribution in [0.15, 0.2) is 11.3 Å². The Morgan fingerprint density at radius 1 is 1.85 bits per heavy atom. The van der Waals surface area contributed by atoms with Gasteiger partial charge in [0.25, 0.3) is 0 Å². The number of hydrogen-bond donors (Lipinski definition) is 0. The number of nitrogens with zero attached hydrogens (tertiary/aromatic N) is 5. The molecule has 1 unspecified atom stereocenters. The molecule has 0 bridgehead atoms. The zero-order chi connectivity index (χ0) is 9.84. The van der Waals surface area contributed by atoms with E-state index in [9.17, 15) is 0 Å². The van der Waals surface area contributed by atoms with Crippen LogP contribution in [0.25, 0.3) is 10.4 Å². The minimum Gasteiger partial charge on any atom is -0.319 e. The first-order valence-corrected chi connectivity index (χ1v) is 4.33. The molecule has 0 fully saturated rings. The Bertz CT molecular complexity index is 339. The smallest absolute Gasteiger partial charge is 0.202 e. The van der Waals surface area contributed by atoms with Crippen molar-refractivity contribution in [3.8, 4) is 0 Å². The summed E-state index contributed by atoms with van der Waals surface area (Å²) in [6.45, 7) is 4.48. The standard InChI is InChI=1S/C7H10ClN5/c1-3-13-6(4-10-7(13)8)5(2)11-12-9/h4-5H,3H2,1-2H3. The molecule has 5 nitrogen and oxygen atoms in total. The largest absolute Gasteiger partial charge is 0.319 e. The van der Waals surface area contributed by atoms with Gasteiger partial charge in [0.2, 0.25) is 5.28 Å². The zero-order valence-electron chi connectivity index (χ0n) is 7.48. The number of hydrogen-bond acceptors (Lipinski definition) is 2. The molecule has 1 aromatic rings. The van der Waals surface area contributed by atoms with Gasteiger partial charge in [0.05, 0.1) is 12.2 Å². The number of imidazole rings is 1. The second-order valence-corrected chi connectivity index (χ2v) is 2.92. The molecule has 6 heteroatoms. The third-order valence-corrected chi connectivity index (χ3v) is 2.11. The number of halogens is 1. The minimum absolute atomic E-state index is 0.232. The normalized spacial score (nSPS) is 12.2. The fourth-order valence-corrected chi connectivity index (χ4v) is 1.41. The molecule has 0 N–H and O–H groups in total. The van der Waals surface area contributed by atoms with Gasteiger partial charge >= 0.3 is 0 Å². The predicted octanol–water partition coefficient (Wildman–Crippen LogP) is 2.93. The third kappa shape index (κ3) is 1.94. The molecule has 1 atom stereocenters. The molecule has 13 heavy (non-hydrogen) atoms. The maximum Gasteiger partial charge on any atom is 0.202 e.